The molecule has 0 saturated carbocycles. The Balaban J connectivity index is 0.000000873. The number of hydrogen-bond donors (Lipinski definition) is 0. The van der Waals surface area contributed by atoms with E-state index in [1.54, 1.807) is 6.92 Å². The van der Waals surface area contributed by atoms with E-state index in [2.05, 4.69) is 13.8 Å². The lowest BCUT2D eigenvalue weighted by molar-refractivity contribution is -0.137. The van der Waals surface area contributed by atoms with Gasteiger partial charge in [-0.05, 0) is 36.1 Å². The van der Waals surface area contributed by atoms with Gasteiger partial charge in [0.05, 0.1) is 5.56 Å². The van der Waals surface area contributed by atoms with Crippen LogP contribution in [-0.2, 0) is 6.18 Å². The van der Waals surface area contributed by atoms with Crippen LogP contribution in [0, 0.1) is 5.82 Å². The summed E-state index contributed by atoms with van der Waals surface area (Å²) >= 11 is 0. The van der Waals surface area contributed by atoms with Gasteiger partial charge >= 0.3 is 6.18 Å². The van der Waals surface area contributed by atoms with Crippen molar-refractivity contribution in [3.05, 3.63) is 35.1 Å². The van der Waals surface area contributed by atoms with Crippen LogP contribution in [0.2, 0.25) is 0 Å². The Hall–Kier alpha value is -1.06. The zero-order valence-electron chi connectivity index (χ0n) is 11.2. The first-order valence-corrected chi connectivity index (χ1v) is 6.14. The van der Waals surface area contributed by atoms with Crippen LogP contribution in [0.4, 0.5) is 17.6 Å². The monoisotopic (exact) mass is 264 g/mol. The van der Waals surface area contributed by atoms with E-state index in [0.717, 1.165) is 18.2 Å². The van der Waals surface area contributed by atoms with Crippen molar-refractivity contribution in [2.75, 3.05) is 0 Å². The van der Waals surface area contributed by atoms with Crippen LogP contribution in [0.5, 0.6) is 0 Å². The lowest BCUT2D eigenvalue weighted by Gasteiger charge is -2.13. The van der Waals surface area contributed by atoms with E-state index < -0.39 is 17.6 Å². The molecule has 104 valence electrons. The fraction of sp³-hybridized carbons (Fsp3) is 0.571. The highest BCUT2D eigenvalue weighted by Crippen LogP contribution is 2.32. The first kappa shape index (κ1) is 16.9. The minimum Gasteiger partial charge on any atom is -0.207 e. The number of rotatable bonds is 2. The Morgan fingerprint density at radius 2 is 1.61 bits per heavy atom. The van der Waals surface area contributed by atoms with Crippen LogP contribution in [0.1, 0.15) is 57.6 Å². The predicted octanol–water partition coefficient (Wildman–Crippen LogP) is 5.77. The molecular formula is C14H20F4. The molecule has 0 aliphatic rings. The van der Waals surface area contributed by atoms with E-state index in [-0.39, 0.29) is 11.5 Å². The lowest BCUT2D eigenvalue weighted by atomic mass is 9.96. The number of benzene rings is 1. The van der Waals surface area contributed by atoms with Gasteiger partial charge in [0.15, 0.2) is 0 Å². The molecule has 0 nitrogen and oxygen atoms in total. The molecule has 0 saturated heterocycles. The summed E-state index contributed by atoms with van der Waals surface area (Å²) < 4.78 is 50.3. The first-order chi connectivity index (χ1) is 8.27. The van der Waals surface area contributed by atoms with Crippen molar-refractivity contribution < 1.29 is 17.6 Å². The largest absolute Gasteiger partial charge is 0.416 e. The van der Waals surface area contributed by atoms with E-state index in [0.29, 0.717) is 6.42 Å². The normalized spacial score (nSPS) is 12.7. The minimum atomic E-state index is -4.41. The molecule has 0 aliphatic carbocycles. The van der Waals surface area contributed by atoms with Gasteiger partial charge in [-0.3, -0.25) is 0 Å². The topological polar surface area (TPSA) is 0 Å². The van der Waals surface area contributed by atoms with Crippen molar-refractivity contribution in [1.29, 1.82) is 0 Å². The molecule has 0 spiro atoms. The second-order valence-corrected chi connectivity index (χ2v) is 4.25. The molecule has 0 aliphatic heterocycles. The average molecular weight is 264 g/mol. The summed E-state index contributed by atoms with van der Waals surface area (Å²) in [6, 6.07) is 2.54. The molecule has 0 amide bonds. The van der Waals surface area contributed by atoms with Crippen molar-refractivity contribution in [3.63, 3.8) is 0 Å². The van der Waals surface area contributed by atoms with Gasteiger partial charge in [0.25, 0.3) is 0 Å². The zero-order chi connectivity index (χ0) is 14.3. The van der Waals surface area contributed by atoms with Gasteiger partial charge in [0.1, 0.15) is 5.82 Å². The van der Waals surface area contributed by atoms with Crippen LogP contribution in [0.25, 0.3) is 0 Å². The summed E-state index contributed by atoms with van der Waals surface area (Å²) in [5.74, 6) is -0.773. The molecule has 18 heavy (non-hydrogen) atoms. The van der Waals surface area contributed by atoms with E-state index in [9.17, 15) is 17.6 Å². The summed E-state index contributed by atoms with van der Waals surface area (Å²) in [4.78, 5) is 0. The summed E-state index contributed by atoms with van der Waals surface area (Å²) in [6.45, 7) is 7.77. The Bertz CT molecular complexity index is 355. The van der Waals surface area contributed by atoms with Crippen LogP contribution in [0.3, 0.4) is 0 Å². The van der Waals surface area contributed by atoms with Crippen molar-refractivity contribution in [1.82, 2.24) is 0 Å². The van der Waals surface area contributed by atoms with Gasteiger partial charge in [-0.15, -0.1) is 0 Å². The van der Waals surface area contributed by atoms with Crippen LogP contribution in [-0.4, -0.2) is 0 Å². The van der Waals surface area contributed by atoms with Crippen LogP contribution >= 0.6 is 0 Å². The lowest BCUT2D eigenvalue weighted by Crippen LogP contribution is -2.07. The third kappa shape index (κ3) is 5.07. The van der Waals surface area contributed by atoms with Gasteiger partial charge in [0, 0.05) is 0 Å². The standard InChI is InChI=1S/C11H12F4.C3H8/c1-3-7(2)9-6-8(11(13,14)15)4-5-10(9)12;1-3-2/h4-7H,3H2,1-2H3;3H2,1-2H3. The molecule has 0 N–H and O–H groups in total. The van der Waals surface area contributed by atoms with E-state index in [1.165, 1.54) is 6.42 Å². The average Bonchev–Trinajstić information content (AvgIpc) is 2.28. The highest BCUT2D eigenvalue weighted by molar-refractivity contribution is 5.29. The third-order valence-electron chi connectivity index (χ3n) is 2.47. The Labute approximate surface area is 106 Å². The van der Waals surface area contributed by atoms with Crippen LogP contribution in [0.15, 0.2) is 18.2 Å². The number of alkyl halides is 3. The Morgan fingerprint density at radius 1 is 1.11 bits per heavy atom. The molecule has 0 heterocycles. The van der Waals surface area contributed by atoms with Crippen molar-refractivity contribution in [2.24, 2.45) is 0 Å². The van der Waals surface area contributed by atoms with Crippen molar-refractivity contribution >= 4 is 0 Å². The maximum absolute atomic E-state index is 13.2. The van der Waals surface area contributed by atoms with Gasteiger partial charge in [-0.1, -0.05) is 34.1 Å². The molecule has 0 aromatic heterocycles. The molecule has 1 atom stereocenters. The summed E-state index contributed by atoms with van der Waals surface area (Å²) in [5, 5.41) is 0. The van der Waals surface area contributed by atoms with Crippen molar-refractivity contribution in [3.8, 4) is 0 Å². The van der Waals surface area contributed by atoms with Crippen molar-refractivity contribution in [2.45, 2.75) is 52.6 Å². The molecule has 1 aromatic rings. The molecule has 0 bridgehead atoms. The molecular weight excluding hydrogens is 244 g/mol. The Kier molecular flexibility index (Phi) is 6.96. The highest BCUT2D eigenvalue weighted by Gasteiger charge is 2.31. The summed E-state index contributed by atoms with van der Waals surface area (Å²) in [7, 11) is 0. The fourth-order valence-corrected chi connectivity index (χ4v) is 1.32. The highest BCUT2D eigenvalue weighted by atomic mass is 19.4. The van der Waals surface area contributed by atoms with Crippen LogP contribution < -0.4 is 0 Å². The maximum Gasteiger partial charge on any atom is 0.416 e. The van der Waals surface area contributed by atoms with E-state index in [4.69, 9.17) is 0 Å². The molecule has 1 aromatic carbocycles. The second-order valence-electron chi connectivity index (χ2n) is 4.25. The quantitative estimate of drug-likeness (QED) is 0.594. The van der Waals surface area contributed by atoms with Gasteiger partial charge in [0.2, 0.25) is 0 Å². The molecule has 4 heteroatoms. The second kappa shape index (κ2) is 7.39. The maximum atomic E-state index is 13.2. The first-order valence-electron chi connectivity index (χ1n) is 6.14. The zero-order valence-corrected chi connectivity index (χ0v) is 11.2. The fourth-order valence-electron chi connectivity index (χ4n) is 1.32. The summed E-state index contributed by atoms with van der Waals surface area (Å²) in [5.41, 5.74) is -0.661. The molecule has 1 unspecified atom stereocenters. The van der Waals surface area contributed by atoms with Gasteiger partial charge in [-0.25, -0.2) is 4.39 Å². The van der Waals surface area contributed by atoms with E-state index >= 15 is 0 Å². The SMILES string of the molecule is CCC.CCC(C)c1cc(C(F)(F)F)ccc1F. The van der Waals surface area contributed by atoms with E-state index in [1.807, 2.05) is 6.92 Å². The number of halogens is 4. The predicted molar refractivity (Wildman–Crippen MR) is 66.1 cm³/mol. The molecule has 0 radical (unpaired) electrons. The smallest absolute Gasteiger partial charge is 0.207 e. The molecule has 0 fully saturated rings. The molecule has 1 rings (SSSR count). The summed E-state index contributed by atoms with van der Waals surface area (Å²) in [6.07, 6.45) is -2.55. The van der Waals surface area contributed by atoms with Gasteiger partial charge in [-0.2, -0.15) is 13.2 Å². The van der Waals surface area contributed by atoms with Gasteiger partial charge < -0.3 is 0 Å². The third-order valence-corrected chi connectivity index (χ3v) is 2.47. The minimum absolute atomic E-state index is 0.132. The Morgan fingerprint density at radius 3 is 2.00 bits per heavy atom. The number of hydrogen-bond acceptors (Lipinski definition) is 0.